The molecule has 120 valence electrons. The zero-order chi connectivity index (χ0) is 14.2. The molecule has 2 amide bonds. The number of fused-ring (bicyclic) bond motifs is 1. The van der Waals surface area contributed by atoms with E-state index in [4.69, 9.17) is 0 Å². The Labute approximate surface area is 132 Å². The summed E-state index contributed by atoms with van der Waals surface area (Å²) in [6.07, 6.45) is 6.22. The molecule has 2 N–H and O–H groups in total. The topological polar surface area (TPSA) is 61.4 Å². The molecule has 5 nitrogen and oxygen atoms in total. The Balaban J connectivity index is 0.00000161. The number of carbonyl (C=O) groups is 2. The highest BCUT2D eigenvalue weighted by atomic mass is 35.5. The van der Waals surface area contributed by atoms with Crippen molar-refractivity contribution in [2.45, 2.75) is 44.6 Å². The SMILES string of the molecule is CN1CCCC(NC(=O)[C@@]23CCCC[C@H]2CNC3)C1=O.Cl. The molecular formula is C15H26ClN3O2. The summed E-state index contributed by atoms with van der Waals surface area (Å²) in [4.78, 5) is 26.7. The molecule has 21 heavy (non-hydrogen) atoms. The van der Waals surface area contributed by atoms with Crippen molar-refractivity contribution in [2.75, 3.05) is 26.7 Å². The average Bonchev–Trinajstić information content (AvgIpc) is 2.89. The Morgan fingerprint density at radius 2 is 2.14 bits per heavy atom. The van der Waals surface area contributed by atoms with Crippen LogP contribution in [0.25, 0.3) is 0 Å². The normalized spacial score (nSPS) is 35.9. The van der Waals surface area contributed by atoms with Gasteiger partial charge in [0, 0.05) is 20.1 Å². The Hall–Kier alpha value is -0.810. The summed E-state index contributed by atoms with van der Waals surface area (Å²) in [6, 6.07) is -0.307. The van der Waals surface area contributed by atoms with Crippen LogP contribution in [0.4, 0.5) is 0 Å². The van der Waals surface area contributed by atoms with E-state index in [2.05, 4.69) is 10.6 Å². The molecule has 0 aromatic heterocycles. The highest BCUT2D eigenvalue weighted by Crippen LogP contribution is 2.44. The maximum atomic E-state index is 12.8. The van der Waals surface area contributed by atoms with Gasteiger partial charge in [-0.2, -0.15) is 0 Å². The lowest BCUT2D eigenvalue weighted by atomic mass is 9.67. The maximum absolute atomic E-state index is 12.8. The van der Waals surface area contributed by atoms with Crippen LogP contribution < -0.4 is 10.6 Å². The van der Waals surface area contributed by atoms with Gasteiger partial charge in [-0.15, -0.1) is 12.4 Å². The maximum Gasteiger partial charge on any atom is 0.244 e. The molecule has 3 atom stereocenters. The van der Waals surface area contributed by atoms with E-state index in [1.165, 1.54) is 6.42 Å². The van der Waals surface area contributed by atoms with Crippen LogP contribution in [-0.2, 0) is 9.59 Å². The van der Waals surface area contributed by atoms with Gasteiger partial charge in [-0.05, 0) is 38.1 Å². The van der Waals surface area contributed by atoms with Crippen molar-refractivity contribution in [1.82, 2.24) is 15.5 Å². The van der Waals surface area contributed by atoms with Crippen molar-refractivity contribution in [3.63, 3.8) is 0 Å². The van der Waals surface area contributed by atoms with Crippen molar-refractivity contribution in [3.8, 4) is 0 Å². The summed E-state index contributed by atoms with van der Waals surface area (Å²) < 4.78 is 0. The van der Waals surface area contributed by atoms with E-state index in [0.29, 0.717) is 5.92 Å². The molecule has 3 fully saturated rings. The van der Waals surface area contributed by atoms with Crippen LogP contribution in [0.15, 0.2) is 0 Å². The number of hydrogen-bond acceptors (Lipinski definition) is 3. The van der Waals surface area contributed by atoms with Crippen LogP contribution in [0.2, 0.25) is 0 Å². The second kappa shape index (κ2) is 6.53. The number of amides is 2. The van der Waals surface area contributed by atoms with E-state index in [1.807, 2.05) is 7.05 Å². The summed E-state index contributed by atoms with van der Waals surface area (Å²) in [5.74, 6) is 0.632. The smallest absolute Gasteiger partial charge is 0.244 e. The number of likely N-dealkylation sites (tertiary alicyclic amines) is 1. The molecule has 6 heteroatoms. The third kappa shape index (κ3) is 2.90. The lowest BCUT2D eigenvalue weighted by Gasteiger charge is -2.39. The lowest BCUT2D eigenvalue weighted by Crippen LogP contribution is -2.56. The highest BCUT2D eigenvalue weighted by Gasteiger charge is 2.50. The molecule has 3 aliphatic rings. The Morgan fingerprint density at radius 1 is 1.33 bits per heavy atom. The van der Waals surface area contributed by atoms with Gasteiger partial charge in [-0.3, -0.25) is 9.59 Å². The quantitative estimate of drug-likeness (QED) is 0.797. The first-order valence-electron chi connectivity index (χ1n) is 7.90. The van der Waals surface area contributed by atoms with E-state index in [1.54, 1.807) is 4.90 Å². The van der Waals surface area contributed by atoms with Crippen LogP contribution in [0.1, 0.15) is 38.5 Å². The molecule has 3 rings (SSSR count). The van der Waals surface area contributed by atoms with Gasteiger partial charge in [0.05, 0.1) is 5.41 Å². The van der Waals surface area contributed by atoms with E-state index < -0.39 is 0 Å². The number of rotatable bonds is 2. The standard InChI is InChI=1S/C15H25N3O2.ClH/c1-18-8-4-6-12(13(18)19)17-14(20)15-7-3-2-5-11(15)9-16-10-15;/h11-12,16H,2-10H2,1H3,(H,17,20);1H/t11-,12?,15+;/m0./s1. The van der Waals surface area contributed by atoms with Gasteiger partial charge < -0.3 is 15.5 Å². The van der Waals surface area contributed by atoms with Crippen LogP contribution >= 0.6 is 12.4 Å². The van der Waals surface area contributed by atoms with Crippen molar-refractivity contribution >= 4 is 24.2 Å². The van der Waals surface area contributed by atoms with Crippen molar-refractivity contribution in [2.24, 2.45) is 11.3 Å². The number of hydrogen-bond donors (Lipinski definition) is 2. The third-order valence-corrected chi connectivity index (χ3v) is 5.46. The van der Waals surface area contributed by atoms with Crippen LogP contribution in [-0.4, -0.2) is 49.4 Å². The van der Waals surface area contributed by atoms with Crippen molar-refractivity contribution in [1.29, 1.82) is 0 Å². The number of piperidine rings is 1. The van der Waals surface area contributed by atoms with Crippen LogP contribution in [0.3, 0.4) is 0 Å². The summed E-state index contributed by atoms with van der Waals surface area (Å²) in [6.45, 7) is 2.53. The first kappa shape index (κ1) is 16.6. The summed E-state index contributed by atoms with van der Waals surface area (Å²) in [7, 11) is 1.82. The van der Waals surface area contributed by atoms with Gasteiger partial charge in [-0.25, -0.2) is 0 Å². The Morgan fingerprint density at radius 3 is 2.95 bits per heavy atom. The van der Waals surface area contributed by atoms with Crippen LogP contribution in [0.5, 0.6) is 0 Å². The number of nitrogens with zero attached hydrogens (tertiary/aromatic N) is 1. The predicted molar refractivity (Wildman–Crippen MR) is 83.3 cm³/mol. The van der Waals surface area contributed by atoms with Crippen LogP contribution in [0, 0.1) is 11.3 Å². The minimum absolute atomic E-state index is 0. The first-order chi connectivity index (χ1) is 9.63. The lowest BCUT2D eigenvalue weighted by molar-refractivity contribution is -0.142. The molecule has 2 heterocycles. The minimum atomic E-state index is -0.307. The largest absolute Gasteiger partial charge is 0.344 e. The molecule has 1 saturated carbocycles. The summed E-state index contributed by atoms with van der Waals surface area (Å²) in [5.41, 5.74) is -0.255. The van der Waals surface area contributed by atoms with Gasteiger partial charge in [0.1, 0.15) is 6.04 Å². The third-order valence-electron chi connectivity index (χ3n) is 5.46. The highest BCUT2D eigenvalue weighted by molar-refractivity contribution is 5.91. The van der Waals surface area contributed by atoms with Gasteiger partial charge in [-0.1, -0.05) is 12.8 Å². The van der Waals surface area contributed by atoms with E-state index in [0.717, 1.165) is 51.7 Å². The molecule has 0 aromatic rings. The van der Waals surface area contributed by atoms with Gasteiger partial charge in [0.2, 0.25) is 11.8 Å². The van der Waals surface area contributed by atoms with Gasteiger partial charge in [0.15, 0.2) is 0 Å². The molecule has 0 radical (unpaired) electrons. The number of carbonyl (C=O) groups excluding carboxylic acids is 2. The Kier molecular flexibility index (Phi) is 5.15. The van der Waals surface area contributed by atoms with E-state index in [9.17, 15) is 9.59 Å². The summed E-state index contributed by atoms with van der Waals surface area (Å²) in [5, 5.41) is 6.45. The Bertz CT molecular complexity index is 418. The molecule has 1 unspecified atom stereocenters. The molecule has 0 spiro atoms. The van der Waals surface area contributed by atoms with Crippen molar-refractivity contribution in [3.05, 3.63) is 0 Å². The molecule has 2 aliphatic heterocycles. The second-order valence-corrected chi connectivity index (χ2v) is 6.66. The second-order valence-electron chi connectivity index (χ2n) is 6.66. The fourth-order valence-electron chi connectivity index (χ4n) is 4.16. The van der Waals surface area contributed by atoms with E-state index >= 15 is 0 Å². The van der Waals surface area contributed by atoms with Gasteiger partial charge >= 0.3 is 0 Å². The minimum Gasteiger partial charge on any atom is -0.344 e. The number of nitrogens with one attached hydrogen (secondary N) is 2. The molecule has 2 saturated heterocycles. The number of halogens is 1. The number of likely N-dealkylation sites (N-methyl/N-ethyl adjacent to an activating group) is 1. The molecular weight excluding hydrogens is 290 g/mol. The van der Waals surface area contributed by atoms with Crippen molar-refractivity contribution < 1.29 is 9.59 Å². The fraction of sp³-hybridized carbons (Fsp3) is 0.867. The molecule has 0 bridgehead atoms. The zero-order valence-corrected chi connectivity index (χ0v) is 13.5. The average molecular weight is 316 g/mol. The van der Waals surface area contributed by atoms with E-state index in [-0.39, 0.29) is 35.7 Å². The fourth-order valence-corrected chi connectivity index (χ4v) is 4.16. The zero-order valence-electron chi connectivity index (χ0n) is 12.7. The predicted octanol–water partition coefficient (Wildman–Crippen LogP) is 0.925. The monoisotopic (exact) mass is 315 g/mol. The van der Waals surface area contributed by atoms with Gasteiger partial charge in [0.25, 0.3) is 0 Å². The molecule has 0 aromatic carbocycles. The first-order valence-corrected chi connectivity index (χ1v) is 7.90. The summed E-state index contributed by atoms with van der Waals surface area (Å²) >= 11 is 0. The molecule has 1 aliphatic carbocycles.